The summed E-state index contributed by atoms with van der Waals surface area (Å²) in [5, 5.41) is 12.1. The minimum absolute atomic E-state index is 0.0257. The minimum Gasteiger partial charge on any atom is -0.493 e. The van der Waals surface area contributed by atoms with Crippen molar-refractivity contribution in [3.05, 3.63) is 72.3 Å². The third-order valence-corrected chi connectivity index (χ3v) is 7.15. The Bertz CT molecular complexity index is 1350. The van der Waals surface area contributed by atoms with E-state index in [1.807, 2.05) is 12.1 Å². The molecule has 0 heterocycles. The molecule has 3 aromatic rings. The van der Waals surface area contributed by atoms with Gasteiger partial charge in [0, 0.05) is 5.69 Å². The van der Waals surface area contributed by atoms with Gasteiger partial charge in [0.25, 0.3) is 0 Å². The van der Waals surface area contributed by atoms with Crippen LogP contribution in [-0.2, 0) is 26.0 Å². The number of hydrogen-bond donors (Lipinski definition) is 3. The van der Waals surface area contributed by atoms with Crippen LogP contribution >= 0.6 is 0 Å². The quantitative estimate of drug-likeness (QED) is 0.345. The van der Waals surface area contributed by atoms with Gasteiger partial charge in [-0.05, 0) is 59.0 Å². The number of anilines is 1. The van der Waals surface area contributed by atoms with Crippen LogP contribution in [0.2, 0.25) is 0 Å². The van der Waals surface area contributed by atoms with Crippen LogP contribution in [0, 0.1) is 5.92 Å². The summed E-state index contributed by atoms with van der Waals surface area (Å²) in [7, 11) is -0.913. The maximum Gasteiger partial charge on any atom is 0.322 e. The molecule has 3 rings (SSSR count). The minimum atomic E-state index is -4.00. The molecule has 9 nitrogen and oxygen atoms in total. The van der Waals surface area contributed by atoms with Crippen molar-refractivity contribution in [2.75, 3.05) is 19.5 Å². The van der Waals surface area contributed by atoms with Crippen LogP contribution in [0.3, 0.4) is 0 Å². The van der Waals surface area contributed by atoms with Gasteiger partial charge in [-0.15, -0.1) is 0 Å². The lowest BCUT2D eigenvalue weighted by Gasteiger charge is -2.18. The number of ether oxygens (including phenoxy) is 2. The number of carboxylic acids is 1. The van der Waals surface area contributed by atoms with E-state index in [2.05, 4.69) is 10.0 Å². The van der Waals surface area contributed by atoms with E-state index < -0.39 is 28.0 Å². The second-order valence-corrected chi connectivity index (χ2v) is 10.4. The summed E-state index contributed by atoms with van der Waals surface area (Å²) in [6.07, 6.45) is 0.158. The zero-order valence-corrected chi connectivity index (χ0v) is 21.8. The molecule has 1 amide bonds. The summed E-state index contributed by atoms with van der Waals surface area (Å²) in [6.45, 7) is 3.26. The molecule has 0 aliphatic carbocycles. The van der Waals surface area contributed by atoms with Crippen molar-refractivity contribution in [2.45, 2.75) is 31.2 Å². The molecule has 37 heavy (non-hydrogen) atoms. The molecule has 196 valence electrons. The lowest BCUT2D eigenvalue weighted by molar-refractivity contribution is -0.140. The highest BCUT2D eigenvalue weighted by Gasteiger charge is 2.28. The van der Waals surface area contributed by atoms with Crippen LogP contribution in [0.15, 0.2) is 71.6 Å². The van der Waals surface area contributed by atoms with Gasteiger partial charge in [0.1, 0.15) is 6.04 Å². The molecule has 0 unspecified atom stereocenters. The molecule has 0 bridgehead atoms. The zero-order valence-electron chi connectivity index (χ0n) is 21.0. The van der Waals surface area contributed by atoms with Gasteiger partial charge in [-0.25, -0.2) is 8.42 Å². The van der Waals surface area contributed by atoms with Crippen LogP contribution in [-0.4, -0.2) is 45.7 Å². The van der Waals surface area contributed by atoms with Crippen molar-refractivity contribution in [3.63, 3.8) is 0 Å². The topological polar surface area (TPSA) is 131 Å². The van der Waals surface area contributed by atoms with Crippen molar-refractivity contribution < 1.29 is 32.6 Å². The standard InChI is InChI=1S/C27H30N2O7S/c1-17(2)26(27(31)32)29-37(33,34)22-12-8-20(9-13-22)19-6-10-21(11-7-19)28-25(30)16-18-5-14-23(35-3)24(15-18)36-4/h5-15,17,26,29H,16H2,1-4H3,(H,28,30)(H,31,32)/t26-/m0/s1. The monoisotopic (exact) mass is 526 g/mol. The van der Waals surface area contributed by atoms with E-state index in [9.17, 15) is 23.1 Å². The Morgan fingerprint density at radius 2 is 1.43 bits per heavy atom. The summed E-state index contributed by atoms with van der Waals surface area (Å²) < 4.78 is 38.0. The van der Waals surface area contributed by atoms with Gasteiger partial charge in [0.2, 0.25) is 15.9 Å². The first-order valence-electron chi connectivity index (χ1n) is 11.5. The van der Waals surface area contributed by atoms with Gasteiger partial charge in [-0.2, -0.15) is 4.72 Å². The molecular formula is C27H30N2O7S. The number of rotatable bonds is 11. The molecule has 0 radical (unpaired) electrons. The lowest BCUT2D eigenvalue weighted by Crippen LogP contribution is -2.44. The first kappa shape index (κ1) is 27.7. The van der Waals surface area contributed by atoms with Gasteiger partial charge < -0.3 is 19.9 Å². The number of carboxylic acid groups (broad SMARTS) is 1. The van der Waals surface area contributed by atoms with Gasteiger partial charge in [-0.3, -0.25) is 9.59 Å². The Morgan fingerprint density at radius 3 is 1.95 bits per heavy atom. The van der Waals surface area contributed by atoms with Gasteiger partial charge in [0.05, 0.1) is 25.5 Å². The third kappa shape index (κ3) is 7.08. The maximum atomic E-state index is 12.6. The van der Waals surface area contributed by atoms with E-state index in [1.165, 1.54) is 19.2 Å². The van der Waals surface area contributed by atoms with Crippen molar-refractivity contribution in [2.24, 2.45) is 5.92 Å². The normalized spacial score (nSPS) is 12.1. The third-order valence-electron chi connectivity index (χ3n) is 5.69. The number of benzene rings is 3. The van der Waals surface area contributed by atoms with Crippen LogP contribution in [0.4, 0.5) is 5.69 Å². The molecule has 0 aliphatic rings. The molecule has 0 saturated heterocycles. The van der Waals surface area contributed by atoms with Crippen LogP contribution in [0.25, 0.3) is 11.1 Å². The number of carbonyl (C=O) groups excluding carboxylic acids is 1. The number of nitrogens with one attached hydrogen (secondary N) is 2. The fourth-order valence-electron chi connectivity index (χ4n) is 3.66. The number of methoxy groups -OCH3 is 2. The largest absolute Gasteiger partial charge is 0.493 e. The van der Waals surface area contributed by atoms with Crippen molar-refractivity contribution in [1.29, 1.82) is 0 Å². The molecule has 3 N–H and O–H groups in total. The predicted molar refractivity (Wildman–Crippen MR) is 140 cm³/mol. The van der Waals surface area contributed by atoms with Crippen molar-refractivity contribution in [3.8, 4) is 22.6 Å². The molecular weight excluding hydrogens is 496 g/mol. The van der Waals surface area contributed by atoms with Crippen LogP contribution in [0.1, 0.15) is 19.4 Å². The number of hydrogen-bond acceptors (Lipinski definition) is 6. The summed E-state index contributed by atoms with van der Waals surface area (Å²) in [5.74, 6) is -0.698. The Kier molecular flexibility index (Phi) is 8.90. The van der Waals surface area contributed by atoms with E-state index in [0.717, 1.165) is 16.7 Å². The van der Waals surface area contributed by atoms with E-state index in [4.69, 9.17) is 9.47 Å². The molecule has 10 heteroatoms. The number of sulfonamides is 1. The second kappa shape index (κ2) is 11.9. The molecule has 3 aromatic carbocycles. The smallest absolute Gasteiger partial charge is 0.322 e. The molecule has 0 fully saturated rings. The summed E-state index contributed by atoms with van der Waals surface area (Å²) in [4.78, 5) is 23.8. The zero-order chi connectivity index (χ0) is 27.2. The van der Waals surface area contributed by atoms with Crippen molar-refractivity contribution in [1.82, 2.24) is 4.72 Å². The van der Waals surface area contributed by atoms with E-state index >= 15 is 0 Å². The van der Waals surface area contributed by atoms with Gasteiger partial charge in [-0.1, -0.05) is 44.2 Å². The Labute approximate surface area is 216 Å². The number of amides is 1. The van der Waals surface area contributed by atoms with Crippen LogP contribution < -0.4 is 19.5 Å². The average Bonchev–Trinajstić information content (AvgIpc) is 2.87. The summed E-state index contributed by atoms with van der Waals surface area (Å²) in [6, 6.07) is 17.4. The highest BCUT2D eigenvalue weighted by molar-refractivity contribution is 7.89. The first-order valence-corrected chi connectivity index (χ1v) is 13.0. The van der Waals surface area contributed by atoms with Gasteiger partial charge >= 0.3 is 5.97 Å². The van der Waals surface area contributed by atoms with Crippen LogP contribution in [0.5, 0.6) is 11.5 Å². The maximum absolute atomic E-state index is 12.6. The highest BCUT2D eigenvalue weighted by atomic mass is 32.2. The number of aliphatic carboxylic acids is 1. The lowest BCUT2D eigenvalue weighted by atomic mass is 10.1. The fraction of sp³-hybridized carbons (Fsp3) is 0.259. The SMILES string of the molecule is COc1ccc(CC(=O)Nc2ccc(-c3ccc(S(=O)(=O)N[C@H](C(=O)O)C(C)C)cc3)cc2)cc1OC. The Hall–Kier alpha value is -3.89. The molecule has 0 saturated carbocycles. The highest BCUT2D eigenvalue weighted by Crippen LogP contribution is 2.28. The van der Waals surface area contributed by atoms with Gasteiger partial charge in [0.15, 0.2) is 11.5 Å². The first-order chi connectivity index (χ1) is 17.5. The van der Waals surface area contributed by atoms with E-state index in [0.29, 0.717) is 17.2 Å². The Morgan fingerprint density at radius 1 is 0.865 bits per heavy atom. The fourth-order valence-corrected chi connectivity index (χ4v) is 5.00. The molecule has 0 aromatic heterocycles. The second-order valence-electron chi connectivity index (χ2n) is 8.70. The van der Waals surface area contributed by atoms with Crippen molar-refractivity contribution >= 4 is 27.6 Å². The molecule has 1 atom stereocenters. The number of carbonyl (C=O) groups is 2. The average molecular weight is 527 g/mol. The summed E-state index contributed by atoms with van der Waals surface area (Å²) in [5.41, 5.74) is 2.98. The molecule has 0 aliphatic heterocycles. The Balaban J connectivity index is 1.66. The van der Waals surface area contributed by atoms with E-state index in [1.54, 1.807) is 63.4 Å². The molecule has 0 spiro atoms. The summed E-state index contributed by atoms with van der Waals surface area (Å²) >= 11 is 0. The predicted octanol–water partition coefficient (Wildman–Crippen LogP) is 3.94. The van der Waals surface area contributed by atoms with E-state index in [-0.39, 0.29) is 17.2 Å².